The zero-order chi connectivity index (χ0) is 11.1. The number of benzene rings is 1. The van der Waals surface area contributed by atoms with Gasteiger partial charge < -0.3 is 10.8 Å². The Morgan fingerprint density at radius 1 is 1.13 bits per heavy atom. The average Bonchev–Trinajstić information content (AvgIpc) is 2.20. The van der Waals surface area contributed by atoms with E-state index in [2.05, 4.69) is 0 Å². The number of carbonyl (C=O) groups is 1. The number of hydrogen-bond acceptors (Lipinski definition) is 2. The summed E-state index contributed by atoms with van der Waals surface area (Å²) in [5, 5.41) is 9.08. The van der Waals surface area contributed by atoms with E-state index in [0.717, 1.165) is 25.7 Å². The van der Waals surface area contributed by atoms with Crippen LogP contribution in [0.15, 0.2) is 24.3 Å². The maximum absolute atomic E-state index is 10.5. The zero-order valence-electron chi connectivity index (χ0n) is 8.78. The van der Waals surface area contributed by atoms with E-state index in [0.29, 0.717) is 12.2 Å². The van der Waals surface area contributed by atoms with E-state index < -0.39 is 0 Å². The van der Waals surface area contributed by atoms with Gasteiger partial charge in [-0.15, -0.1) is 0 Å². The normalized spacial score (nSPS) is 10.1. The Labute approximate surface area is 89.9 Å². The fourth-order valence-electron chi connectivity index (χ4n) is 1.47. The van der Waals surface area contributed by atoms with E-state index in [4.69, 9.17) is 10.8 Å². The van der Waals surface area contributed by atoms with Gasteiger partial charge in [-0.05, 0) is 37.0 Å². The molecule has 0 aliphatic carbocycles. The lowest BCUT2D eigenvalue weighted by molar-refractivity contribution is -0.118. The Bertz CT molecular complexity index is 306. The second-order valence-electron chi connectivity index (χ2n) is 3.69. The molecular formula is C12H17NO2. The quantitative estimate of drug-likeness (QED) is 0.700. The Kier molecular flexibility index (Phi) is 4.68. The molecule has 0 aromatic heterocycles. The minimum Gasteiger partial charge on any atom is -0.508 e. The molecule has 0 atom stereocenters. The molecule has 3 heteroatoms. The molecule has 3 N–H and O–H groups in total. The Morgan fingerprint density at radius 2 is 1.80 bits per heavy atom. The highest BCUT2D eigenvalue weighted by molar-refractivity contribution is 5.73. The molecule has 0 heterocycles. The molecule has 1 amide bonds. The predicted molar refractivity (Wildman–Crippen MR) is 59.5 cm³/mol. The molecule has 1 aromatic rings. The SMILES string of the molecule is NC(=O)CCCCCc1ccc(O)cc1. The van der Waals surface area contributed by atoms with Gasteiger partial charge in [0.25, 0.3) is 0 Å². The minimum atomic E-state index is -0.223. The lowest BCUT2D eigenvalue weighted by Gasteiger charge is -2.01. The highest BCUT2D eigenvalue weighted by Gasteiger charge is 1.96. The van der Waals surface area contributed by atoms with Crippen LogP contribution < -0.4 is 5.73 Å². The second-order valence-corrected chi connectivity index (χ2v) is 3.69. The van der Waals surface area contributed by atoms with E-state index in [9.17, 15) is 4.79 Å². The van der Waals surface area contributed by atoms with Gasteiger partial charge in [0.2, 0.25) is 5.91 Å². The average molecular weight is 207 g/mol. The lowest BCUT2D eigenvalue weighted by Crippen LogP contribution is -2.09. The van der Waals surface area contributed by atoms with Crippen molar-refractivity contribution in [1.29, 1.82) is 0 Å². The molecule has 0 saturated carbocycles. The molecule has 3 nitrogen and oxygen atoms in total. The molecule has 0 saturated heterocycles. The van der Waals surface area contributed by atoms with E-state index in [1.165, 1.54) is 5.56 Å². The van der Waals surface area contributed by atoms with Crippen molar-refractivity contribution in [2.45, 2.75) is 32.1 Å². The van der Waals surface area contributed by atoms with Crippen LogP contribution in [0, 0.1) is 0 Å². The van der Waals surface area contributed by atoms with Crippen LogP contribution in [-0.2, 0) is 11.2 Å². The third-order valence-electron chi connectivity index (χ3n) is 2.32. The summed E-state index contributed by atoms with van der Waals surface area (Å²) >= 11 is 0. The maximum atomic E-state index is 10.5. The van der Waals surface area contributed by atoms with Gasteiger partial charge in [-0.1, -0.05) is 18.6 Å². The number of phenols is 1. The predicted octanol–water partition coefficient (Wildman–Crippen LogP) is 1.98. The molecule has 0 radical (unpaired) electrons. The van der Waals surface area contributed by atoms with Crippen molar-refractivity contribution in [3.8, 4) is 5.75 Å². The topological polar surface area (TPSA) is 63.3 Å². The molecular weight excluding hydrogens is 190 g/mol. The molecule has 0 unspecified atom stereocenters. The Hall–Kier alpha value is -1.51. The third kappa shape index (κ3) is 5.05. The van der Waals surface area contributed by atoms with Crippen molar-refractivity contribution < 1.29 is 9.90 Å². The number of rotatable bonds is 6. The van der Waals surface area contributed by atoms with Crippen LogP contribution in [0.2, 0.25) is 0 Å². The number of aromatic hydroxyl groups is 1. The number of hydrogen-bond donors (Lipinski definition) is 2. The maximum Gasteiger partial charge on any atom is 0.217 e. The van der Waals surface area contributed by atoms with Crippen LogP contribution in [0.25, 0.3) is 0 Å². The van der Waals surface area contributed by atoms with Gasteiger partial charge in [-0.25, -0.2) is 0 Å². The van der Waals surface area contributed by atoms with E-state index in [1.807, 2.05) is 12.1 Å². The van der Waals surface area contributed by atoms with E-state index in [-0.39, 0.29) is 5.91 Å². The molecule has 15 heavy (non-hydrogen) atoms. The first-order valence-corrected chi connectivity index (χ1v) is 5.24. The Morgan fingerprint density at radius 3 is 2.40 bits per heavy atom. The highest BCUT2D eigenvalue weighted by Crippen LogP contribution is 2.12. The minimum absolute atomic E-state index is 0.223. The van der Waals surface area contributed by atoms with Crippen molar-refractivity contribution in [2.24, 2.45) is 5.73 Å². The molecule has 0 aliphatic heterocycles. The summed E-state index contributed by atoms with van der Waals surface area (Å²) in [5.74, 6) is 0.0760. The molecule has 0 bridgehead atoms. The summed E-state index contributed by atoms with van der Waals surface area (Å²) < 4.78 is 0. The standard InChI is InChI=1S/C12H17NO2/c13-12(15)5-3-1-2-4-10-6-8-11(14)9-7-10/h6-9,14H,1-5H2,(H2,13,15). The van der Waals surface area contributed by atoms with Crippen LogP contribution in [0.5, 0.6) is 5.75 Å². The number of unbranched alkanes of at least 4 members (excludes halogenated alkanes) is 2. The first-order valence-electron chi connectivity index (χ1n) is 5.24. The van der Waals surface area contributed by atoms with Gasteiger partial charge >= 0.3 is 0 Å². The van der Waals surface area contributed by atoms with E-state index in [1.54, 1.807) is 12.1 Å². The van der Waals surface area contributed by atoms with Gasteiger partial charge in [0.05, 0.1) is 0 Å². The van der Waals surface area contributed by atoms with Crippen molar-refractivity contribution >= 4 is 5.91 Å². The summed E-state index contributed by atoms with van der Waals surface area (Å²) in [6.07, 6.45) is 4.41. The smallest absolute Gasteiger partial charge is 0.217 e. The number of phenolic OH excluding ortho intramolecular Hbond substituents is 1. The molecule has 1 aromatic carbocycles. The number of aryl methyl sites for hydroxylation is 1. The van der Waals surface area contributed by atoms with Gasteiger partial charge in [0, 0.05) is 6.42 Å². The zero-order valence-corrected chi connectivity index (χ0v) is 8.78. The number of amides is 1. The van der Waals surface area contributed by atoms with Crippen molar-refractivity contribution in [1.82, 2.24) is 0 Å². The molecule has 0 fully saturated rings. The summed E-state index contributed by atoms with van der Waals surface area (Å²) in [5.41, 5.74) is 6.25. The fourth-order valence-corrected chi connectivity index (χ4v) is 1.47. The molecule has 82 valence electrons. The molecule has 0 spiro atoms. The fraction of sp³-hybridized carbons (Fsp3) is 0.417. The number of primary amides is 1. The van der Waals surface area contributed by atoms with Crippen LogP contribution in [-0.4, -0.2) is 11.0 Å². The Balaban J connectivity index is 2.15. The summed E-state index contributed by atoms with van der Waals surface area (Å²) in [4.78, 5) is 10.5. The van der Waals surface area contributed by atoms with Crippen molar-refractivity contribution in [2.75, 3.05) is 0 Å². The monoisotopic (exact) mass is 207 g/mol. The van der Waals surface area contributed by atoms with Gasteiger partial charge in [0.1, 0.15) is 5.75 Å². The highest BCUT2D eigenvalue weighted by atomic mass is 16.3. The lowest BCUT2D eigenvalue weighted by atomic mass is 10.1. The van der Waals surface area contributed by atoms with Crippen molar-refractivity contribution in [3.63, 3.8) is 0 Å². The van der Waals surface area contributed by atoms with Gasteiger partial charge in [0.15, 0.2) is 0 Å². The van der Waals surface area contributed by atoms with Crippen LogP contribution in [0.4, 0.5) is 0 Å². The van der Waals surface area contributed by atoms with Crippen LogP contribution >= 0.6 is 0 Å². The summed E-state index contributed by atoms with van der Waals surface area (Å²) in [7, 11) is 0. The first kappa shape index (κ1) is 11.6. The molecule has 0 aliphatic rings. The third-order valence-corrected chi connectivity index (χ3v) is 2.32. The number of carbonyl (C=O) groups excluding carboxylic acids is 1. The summed E-state index contributed by atoms with van der Waals surface area (Å²) in [6, 6.07) is 7.23. The van der Waals surface area contributed by atoms with Crippen molar-refractivity contribution in [3.05, 3.63) is 29.8 Å². The second kappa shape index (κ2) is 6.06. The summed E-state index contributed by atoms with van der Waals surface area (Å²) in [6.45, 7) is 0. The van der Waals surface area contributed by atoms with Gasteiger partial charge in [-0.3, -0.25) is 4.79 Å². The van der Waals surface area contributed by atoms with Crippen LogP contribution in [0.3, 0.4) is 0 Å². The largest absolute Gasteiger partial charge is 0.508 e. The van der Waals surface area contributed by atoms with Gasteiger partial charge in [-0.2, -0.15) is 0 Å². The van der Waals surface area contributed by atoms with Crippen LogP contribution in [0.1, 0.15) is 31.2 Å². The first-order chi connectivity index (χ1) is 7.18. The molecule has 1 rings (SSSR count). The van der Waals surface area contributed by atoms with E-state index >= 15 is 0 Å². The number of nitrogens with two attached hydrogens (primary N) is 1.